The van der Waals surface area contributed by atoms with Crippen molar-refractivity contribution in [2.45, 2.75) is 13.8 Å². The number of methoxy groups -OCH3 is 1. The Kier molecular flexibility index (Phi) is 4.65. The Labute approximate surface area is 155 Å². The van der Waals surface area contributed by atoms with Gasteiger partial charge in [-0.15, -0.1) is 0 Å². The molecule has 2 atom stereocenters. The fourth-order valence-corrected chi connectivity index (χ4v) is 3.27. The van der Waals surface area contributed by atoms with Crippen LogP contribution in [0.25, 0.3) is 0 Å². The highest BCUT2D eigenvalue weighted by Crippen LogP contribution is 2.58. The number of furan rings is 1. The SMILES string of the molecule is COc1cc(NC(=O)[C@H]2[C@H](C(=O)O)C2(C)C)ccc1NC(=O)c1ccco1. The van der Waals surface area contributed by atoms with Gasteiger partial charge in [0, 0.05) is 11.8 Å². The number of anilines is 2. The quantitative estimate of drug-likeness (QED) is 0.718. The molecule has 0 unspecified atom stereocenters. The van der Waals surface area contributed by atoms with Crippen molar-refractivity contribution in [3.8, 4) is 5.75 Å². The highest BCUT2D eigenvalue weighted by Gasteiger charge is 2.65. The molecule has 3 N–H and O–H groups in total. The number of rotatable bonds is 6. The number of carbonyl (C=O) groups excluding carboxylic acids is 2. The largest absolute Gasteiger partial charge is 0.494 e. The van der Waals surface area contributed by atoms with Crippen molar-refractivity contribution in [3.05, 3.63) is 42.4 Å². The lowest BCUT2D eigenvalue weighted by molar-refractivity contribution is -0.140. The molecule has 3 rings (SSSR count). The summed E-state index contributed by atoms with van der Waals surface area (Å²) in [7, 11) is 1.44. The number of hydrogen-bond donors (Lipinski definition) is 3. The molecule has 142 valence electrons. The Morgan fingerprint density at radius 1 is 1.15 bits per heavy atom. The zero-order valence-electron chi connectivity index (χ0n) is 15.1. The van der Waals surface area contributed by atoms with E-state index in [2.05, 4.69) is 10.6 Å². The second-order valence-electron chi connectivity index (χ2n) is 6.95. The van der Waals surface area contributed by atoms with E-state index in [4.69, 9.17) is 9.15 Å². The predicted octanol–water partition coefficient (Wildman–Crippen LogP) is 2.84. The van der Waals surface area contributed by atoms with Crippen LogP contribution in [0.1, 0.15) is 24.4 Å². The van der Waals surface area contributed by atoms with Crippen LogP contribution in [0.3, 0.4) is 0 Å². The summed E-state index contributed by atoms with van der Waals surface area (Å²) in [6.45, 7) is 3.51. The number of carbonyl (C=O) groups is 3. The van der Waals surface area contributed by atoms with E-state index < -0.39 is 29.1 Å². The number of hydrogen-bond acceptors (Lipinski definition) is 5. The van der Waals surface area contributed by atoms with Gasteiger partial charge >= 0.3 is 5.97 Å². The third-order valence-electron chi connectivity index (χ3n) is 4.84. The number of nitrogens with one attached hydrogen (secondary N) is 2. The van der Waals surface area contributed by atoms with E-state index in [-0.39, 0.29) is 11.7 Å². The van der Waals surface area contributed by atoms with Gasteiger partial charge in [-0.25, -0.2) is 0 Å². The topological polar surface area (TPSA) is 118 Å². The molecule has 8 heteroatoms. The average molecular weight is 372 g/mol. The highest BCUT2D eigenvalue weighted by atomic mass is 16.5. The first-order valence-corrected chi connectivity index (χ1v) is 8.32. The monoisotopic (exact) mass is 372 g/mol. The van der Waals surface area contributed by atoms with E-state index in [1.165, 1.54) is 19.4 Å². The van der Waals surface area contributed by atoms with Crippen molar-refractivity contribution in [1.82, 2.24) is 0 Å². The second kappa shape index (κ2) is 6.79. The van der Waals surface area contributed by atoms with Crippen LogP contribution in [0.15, 0.2) is 41.0 Å². The molecular formula is C19H20N2O6. The van der Waals surface area contributed by atoms with Gasteiger partial charge in [0.15, 0.2) is 5.76 Å². The normalized spacial score (nSPS) is 19.8. The van der Waals surface area contributed by atoms with Gasteiger partial charge in [0.05, 0.1) is 30.9 Å². The number of benzene rings is 1. The minimum atomic E-state index is -0.978. The maximum absolute atomic E-state index is 12.4. The van der Waals surface area contributed by atoms with E-state index in [1.54, 1.807) is 38.1 Å². The molecule has 0 radical (unpaired) electrons. The number of amides is 2. The molecular weight excluding hydrogens is 352 g/mol. The van der Waals surface area contributed by atoms with E-state index >= 15 is 0 Å². The third kappa shape index (κ3) is 3.51. The number of ether oxygens (including phenoxy) is 1. The molecule has 1 saturated carbocycles. The Bertz CT molecular complexity index is 888. The molecule has 8 nitrogen and oxygen atoms in total. The Morgan fingerprint density at radius 3 is 2.44 bits per heavy atom. The highest BCUT2D eigenvalue weighted by molar-refractivity contribution is 6.04. The van der Waals surface area contributed by atoms with Crippen LogP contribution in [-0.2, 0) is 9.59 Å². The number of carboxylic acid groups (broad SMARTS) is 1. The Balaban J connectivity index is 1.72. The summed E-state index contributed by atoms with van der Waals surface area (Å²) >= 11 is 0. The standard InChI is InChI=1S/C19H20N2O6/c1-19(2)14(15(19)18(24)25)17(23)20-10-6-7-11(13(9-10)26-3)21-16(22)12-5-4-8-27-12/h4-9,14-15H,1-3H3,(H,20,23)(H,21,22)(H,24,25)/t14-,15-/m1/s1. The molecule has 27 heavy (non-hydrogen) atoms. The summed E-state index contributed by atoms with van der Waals surface area (Å²) < 4.78 is 10.3. The lowest BCUT2D eigenvalue weighted by Gasteiger charge is -2.12. The molecule has 2 aromatic rings. The molecule has 1 aliphatic carbocycles. The molecule has 0 aliphatic heterocycles. The molecule has 1 aromatic carbocycles. The van der Waals surface area contributed by atoms with Crippen molar-refractivity contribution in [2.24, 2.45) is 17.3 Å². The van der Waals surface area contributed by atoms with Crippen LogP contribution in [0.2, 0.25) is 0 Å². The zero-order valence-corrected chi connectivity index (χ0v) is 15.1. The maximum atomic E-state index is 12.4. The molecule has 1 aromatic heterocycles. The van der Waals surface area contributed by atoms with Gasteiger partial charge in [-0.1, -0.05) is 13.8 Å². The van der Waals surface area contributed by atoms with Crippen LogP contribution < -0.4 is 15.4 Å². The van der Waals surface area contributed by atoms with Crippen molar-refractivity contribution in [2.75, 3.05) is 17.7 Å². The van der Waals surface area contributed by atoms with Gasteiger partial charge in [0.25, 0.3) is 5.91 Å². The van der Waals surface area contributed by atoms with E-state index in [0.29, 0.717) is 17.1 Å². The minimum absolute atomic E-state index is 0.158. The van der Waals surface area contributed by atoms with Gasteiger partial charge < -0.3 is 24.9 Å². The van der Waals surface area contributed by atoms with Crippen molar-refractivity contribution < 1.29 is 28.6 Å². The van der Waals surface area contributed by atoms with Gasteiger partial charge in [-0.3, -0.25) is 14.4 Å². The average Bonchev–Trinajstić information content (AvgIpc) is 2.98. The summed E-state index contributed by atoms with van der Waals surface area (Å²) in [6.07, 6.45) is 1.40. The molecule has 1 fully saturated rings. The molecule has 1 heterocycles. The first-order valence-electron chi connectivity index (χ1n) is 8.32. The van der Waals surface area contributed by atoms with Crippen molar-refractivity contribution in [1.29, 1.82) is 0 Å². The number of carboxylic acids is 1. The van der Waals surface area contributed by atoms with Crippen molar-refractivity contribution in [3.63, 3.8) is 0 Å². The van der Waals surface area contributed by atoms with E-state index in [1.807, 2.05) is 0 Å². The summed E-state index contributed by atoms with van der Waals surface area (Å²) in [5, 5.41) is 14.6. The molecule has 0 spiro atoms. The number of aliphatic carboxylic acids is 1. The van der Waals surface area contributed by atoms with E-state index in [9.17, 15) is 19.5 Å². The van der Waals surface area contributed by atoms with Gasteiger partial charge in [0.1, 0.15) is 5.75 Å². The first kappa shape index (κ1) is 18.5. The third-order valence-corrected chi connectivity index (χ3v) is 4.84. The Hall–Kier alpha value is -3.29. The van der Waals surface area contributed by atoms with Crippen LogP contribution in [0.5, 0.6) is 5.75 Å². The Morgan fingerprint density at radius 2 is 1.89 bits per heavy atom. The smallest absolute Gasteiger partial charge is 0.307 e. The van der Waals surface area contributed by atoms with Crippen LogP contribution >= 0.6 is 0 Å². The summed E-state index contributed by atoms with van der Waals surface area (Å²) in [4.78, 5) is 35.8. The summed E-state index contributed by atoms with van der Waals surface area (Å²) in [5.41, 5.74) is 0.267. The molecule has 0 bridgehead atoms. The van der Waals surface area contributed by atoms with E-state index in [0.717, 1.165) is 0 Å². The maximum Gasteiger partial charge on any atom is 0.307 e. The fourth-order valence-electron chi connectivity index (χ4n) is 3.27. The first-order chi connectivity index (χ1) is 12.8. The van der Waals surface area contributed by atoms with Gasteiger partial charge in [0.2, 0.25) is 5.91 Å². The minimum Gasteiger partial charge on any atom is -0.494 e. The van der Waals surface area contributed by atoms with Crippen molar-refractivity contribution >= 4 is 29.2 Å². The zero-order chi connectivity index (χ0) is 19.8. The molecule has 1 aliphatic rings. The lowest BCUT2D eigenvalue weighted by atomic mass is 10.1. The lowest BCUT2D eigenvalue weighted by Crippen LogP contribution is -2.18. The van der Waals surface area contributed by atoms with Crippen LogP contribution in [-0.4, -0.2) is 30.0 Å². The summed E-state index contributed by atoms with van der Waals surface area (Å²) in [5.74, 6) is -2.57. The second-order valence-corrected chi connectivity index (χ2v) is 6.95. The molecule has 2 amide bonds. The molecule has 0 saturated heterocycles. The van der Waals surface area contributed by atoms with Crippen LogP contribution in [0, 0.1) is 17.3 Å². The van der Waals surface area contributed by atoms with Crippen LogP contribution in [0.4, 0.5) is 11.4 Å². The van der Waals surface area contributed by atoms with Gasteiger partial charge in [-0.2, -0.15) is 0 Å². The summed E-state index contributed by atoms with van der Waals surface area (Å²) in [6, 6.07) is 7.88. The fraction of sp³-hybridized carbons (Fsp3) is 0.316. The predicted molar refractivity (Wildman–Crippen MR) is 96.7 cm³/mol. The van der Waals surface area contributed by atoms with Gasteiger partial charge in [-0.05, 0) is 29.7 Å².